The molecular formula is C11H21N5O3S. The van der Waals surface area contributed by atoms with Crippen molar-refractivity contribution in [3.05, 3.63) is 11.7 Å². The van der Waals surface area contributed by atoms with Gasteiger partial charge in [0, 0.05) is 31.5 Å². The number of hydrogen-bond donors (Lipinski definition) is 2. The molecule has 0 spiro atoms. The summed E-state index contributed by atoms with van der Waals surface area (Å²) in [4.78, 5) is 4.39. The van der Waals surface area contributed by atoms with Gasteiger partial charge in [-0.3, -0.25) is 0 Å². The van der Waals surface area contributed by atoms with E-state index < -0.39 is 10.2 Å². The Morgan fingerprint density at radius 3 is 2.70 bits per heavy atom. The van der Waals surface area contributed by atoms with Crippen LogP contribution in [0.3, 0.4) is 0 Å². The molecule has 0 aliphatic carbocycles. The van der Waals surface area contributed by atoms with Crippen molar-refractivity contribution < 1.29 is 12.9 Å². The fourth-order valence-electron chi connectivity index (χ4n) is 2.25. The summed E-state index contributed by atoms with van der Waals surface area (Å²) in [6.45, 7) is 2.84. The average molecular weight is 303 g/mol. The molecule has 1 saturated heterocycles. The van der Waals surface area contributed by atoms with Crippen molar-refractivity contribution in [3.63, 3.8) is 0 Å². The van der Waals surface area contributed by atoms with E-state index in [1.807, 2.05) is 14.0 Å². The van der Waals surface area contributed by atoms with Crippen LogP contribution in [0, 0.1) is 0 Å². The summed E-state index contributed by atoms with van der Waals surface area (Å²) in [6, 6.07) is 0.282. The monoisotopic (exact) mass is 303 g/mol. The first-order chi connectivity index (χ1) is 9.40. The van der Waals surface area contributed by atoms with Gasteiger partial charge in [0.2, 0.25) is 5.89 Å². The number of nitrogens with two attached hydrogens (primary N) is 1. The number of likely N-dealkylation sites (N-methyl/N-ethyl adjacent to an activating group) is 1. The Morgan fingerprint density at radius 1 is 1.50 bits per heavy atom. The van der Waals surface area contributed by atoms with Crippen LogP contribution in [0.4, 0.5) is 0 Å². The fourth-order valence-corrected chi connectivity index (χ4v) is 2.97. The predicted octanol–water partition coefficient (Wildman–Crippen LogP) is -0.397. The van der Waals surface area contributed by atoms with E-state index >= 15 is 0 Å². The lowest BCUT2D eigenvalue weighted by atomic mass is 9.98. The second kappa shape index (κ2) is 6.17. The van der Waals surface area contributed by atoms with Gasteiger partial charge in [0.1, 0.15) is 0 Å². The van der Waals surface area contributed by atoms with Gasteiger partial charge in [-0.2, -0.15) is 17.7 Å². The lowest BCUT2D eigenvalue weighted by Gasteiger charge is -2.27. The lowest BCUT2D eigenvalue weighted by Crippen LogP contribution is -2.41. The largest absolute Gasteiger partial charge is 0.339 e. The Bertz CT molecular complexity index is 536. The van der Waals surface area contributed by atoms with E-state index in [4.69, 9.17) is 9.66 Å². The molecule has 1 aromatic rings. The zero-order valence-corrected chi connectivity index (χ0v) is 12.6. The molecule has 114 valence electrons. The molecule has 1 aliphatic heterocycles. The molecule has 3 N–H and O–H groups in total. The molecule has 0 amide bonds. The van der Waals surface area contributed by atoms with Crippen molar-refractivity contribution in [2.24, 2.45) is 5.14 Å². The van der Waals surface area contributed by atoms with Crippen molar-refractivity contribution >= 4 is 10.2 Å². The molecule has 2 heterocycles. The molecule has 9 heteroatoms. The number of hydrogen-bond acceptors (Lipinski definition) is 6. The zero-order valence-electron chi connectivity index (χ0n) is 11.7. The summed E-state index contributed by atoms with van der Waals surface area (Å²) in [5, 5.41) is 12.2. The smallest absolute Gasteiger partial charge is 0.276 e. The number of nitrogens with zero attached hydrogens (tertiary/aromatic N) is 3. The minimum atomic E-state index is -3.59. The maximum atomic E-state index is 11.2. The summed E-state index contributed by atoms with van der Waals surface area (Å²) >= 11 is 0. The standard InChI is InChI=1S/C11H21N5O3S/c1-8(13-2)7-10-14-11(19-15-10)9-3-5-16(6-4-9)20(12,17)18/h8-9,13H,3-7H2,1-2H3,(H2,12,17,18). The maximum Gasteiger partial charge on any atom is 0.276 e. The third kappa shape index (κ3) is 3.75. The van der Waals surface area contributed by atoms with Crippen molar-refractivity contribution in [3.8, 4) is 0 Å². The van der Waals surface area contributed by atoms with Gasteiger partial charge in [0.05, 0.1) is 0 Å². The van der Waals surface area contributed by atoms with Gasteiger partial charge in [0.15, 0.2) is 5.82 Å². The molecule has 0 bridgehead atoms. The number of aromatic nitrogens is 2. The van der Waals surface area contributed by atoms with Crippen LogP contribution in [0.5, 0.6) is 0 Å². The van der Waals surface area contributed by atoms with Gasteiger partial charge in [-0.25, -0.2) is 5.14 Å². The van der Waals surface area contributed by atoms with E-state index in [0.717, 1.165) is 0 Å². The summed E-state index contributed by atoms with van der Waals surface area (Å²) < 4.78 is 29.0. The minimum absolute atomic E-state index is 0.110. The zero-order chi connectivity index (χ0) is 14.8. The van der Waals surface area contributed by atoms with Crippen LogP contribution in [0.1, 0.15) is 37.4 Å². The predicted molar refractivity (Wildman–Crippen MR) is 73.2 cm³/mol. The highest BCUT2D eigenvalue weighted by atomic mass is 32.2. The SMILES string of the molecule is CNC(C)Cc1noc(C2CCN(S(N)(=O)=O)CC2)n1. The Hall–Kier alpha value is -1.03. The van der Waals surface area contributed by atoms with Crippen LogP contribution in [0.15, 0.2) is 4.52 Å². The van der Waals surface area contributed by atoms with E-state index in [1.54, 1.807) is 0 Å². The van der Waals surface area contributed by atoms with Crippen molar-refractivity contribution in [2.75, 3.05) is 20.1 Å². The number of nitrogens with one attached hydrogen (secondary N) is 1. The first-order valence-corrected chi connectivity index (χ1v) is 8.18. The second-order valence-electron chi connectivity index (χ2n) is 5.16. The molecule has 1 aliphatic rings. The van der Waals surface area contributed by atoms with Gasteiger partial charge >= 0.3 is 0 Å². The first kappa shape index (κ1) is 15.4. The molecule has 0 aromatic carbocycles. The molecule has 1 unspecified atom stereocenters. The van der Waals surface area contributed by atoms with Gasteiger partial charge in [-0.1, -0.05) is 5.16 Å². The highest BCUT2D eigenvalue weighted by Crippen LogP contribution is 2.27. The van der Waals surface area contributed by atoms with Crippen LogP contribution in [-0.4, -0.2) is 49.0 Å². The van der Waals surface area contributed by atoms with E-state index in [0.29, 0.717) is 44.1 Å². The van der Waals surface area contributed by atoms with E-state index in [2.05, 4.69) is 15.5 Å². The van der Waals surface area contributed by atoms with Gasteiger partial charge in [-0.05, 0) is 26.8 Å². The normalized spacial score (nSPS) is 20.1. The van der Waals surface area contributed by atoms with E-state index in [-0.39, 0.29) is 12.0 Å². The van der Waals surface area contributed by atoms with E-state index in [1.165, 1.54) is 4.31 Å². The van der Waals surface area contributed by atoms with Crippen molar-refractivity contribution in [2.45, 2.75) is 38.1 Å². The van der Waals surface area contributed by atoms with Crippen molar-refractivity contribution in [1.29, 1.82) is 0 Å². The van der Waals surface area contributed by atoms with E-state index in [9.17, 15) is 8.42 Å². The molecular weight excluding hydrogens is 282 g/mol. The average Bonchev–Trinajstić information content (AvgIpc) is 2.86. The topological polar surface area (TPSA) is 114 Å². The van der Waals surface area contributed by atoms with Gasteiger partial charge in [0.25, 0.3) is 10.2 Å². The fraction of sp³-hybridized carbons (Fsp3) is 0.818. The third-order valence-corrected chi connectivity index (χ3v) is 4.71. The Balaban J connectivity index is 1.94. The minimum Gasteiger partial charge on any atom is -0.339 e. The molecule has 2 rings (SSSR count). The second-order valence-corrected chi connectivity index (χ2v) is 6.71. The molecule has 1 atom stereocenters. The number of piperidine rings is 1. The Kier molecular flexibility index (Phi) is 4.74. The highest BCUT2D eigenvalue weighted by Gasteiger charge is 2.29. The molecule has 20 heavy (non-hydrogen) atoms. The van der Waals surface area contributed by atoms with Crippen LogP contribution < -0.4 is 10.5 Å². The Morgan fingerprint density at radius 2 is 2.15 bits per heavy atom. The molecule has 0 saturated carbocycles. The summed E-state index contributed by atoms with van der Waals surface area (Å²) in [7, 11) is -1.70. The first-order valence-electron chi connectivity index (χ1n) is 6.67. The molecule has 1 aromatic heterocycles. The van der Waals surface area contributed by atoms with Gasteiger partial charge < -0.3 is 9.84 Å². The maximum absolute atomic E-state index is 11.2. The van der Waals surface area contributed by atoms with Crippen LogP contribution in [0.2, 0.25) is 0 Å². The lowest BCUT2D eigenvalue weighted by molar-refractivity contribution is 0.270. The van der Waals surface area contributed by atoms with Crippen LogP contribution >= 0.6 is 0 Å². The van der Waals surface area contributed by atoms with Crippen molar-refractivity contribution in [1.82, 2.24) is 19.8 Å². The molecule has 0 radical (unpaired) electrons. The molecule has 8 nitrogen and oxygen atoms in total. The van der Waals surface area contributed by atoms with Crippen LogP contribution in [-0.2, 0) is 16.6 Å². The highest BCUT2D eigenvalue weighted by molar-refractivity contribution is 7.86. The van der Waals surface area contributed by atoms with Gasteiger partial charge in [-0.15, -0.1) is 0 Å². The summed E-state index contributed by atoms with van der Waals surface area (Å²) in [5.41, 5.74) is 0. The molecule has 1 fully saturated rings. The summed E-state index contributed by atoms with van der Waals surface area (Å²) in [6.07, 6.45) is 2.01. The third-order valence-electron chi connectivity index (χ3n) is 3.63. The van der Waals surface area contributed by atoms with Crippen LogP contribution in [0.25, 0.3) is 0 Å². The Labute approximate surface area is 118 Å². The summed E-state index contributed by atoms with van der Waals surface area (Å²) in [5.74, 6) is 1.38. The number of rotatable bonds is 5. The quantitative estimate of drug-likeness (QED) is 0.765.